The Bertz CT molecular complexity index is 964. The molecule has 150 valence electrons. The summed E-state index contributed by atoms with van der Waals surface area (Å²) in [5, 5.41) is 16.5. The van der Waals surface area contributed by atoms with Gasteiger partial charge in [-0.15, -0.1) is 11.3 Å². The van der Waals surface area contributed by atoms with Gasteiger partial charge < -0.3 is 20.1 Å². The van der Waals surface area contributed by atoms with Crippen LogP contribution in [0.15, 0.2) is 23.7 Å². The van der Waals surface area contributed by atoms with E-state index in [1.165, 1.54) is 28.7 Å². The van der Waals surface area contributed by atoms with E-state index in [-0.39, 0.29) is 5.75 Å². The van der Waals surface area contributed by atoms with Crippen LogP contribution in [0.4, 0.5) is 13.9 Å². The molecule has 2 aromatic heterocycles. The predicted octanol–water partition coefficient (Wildman–Crippen LogP) is 3.57. The van der Waals surface area contributed by atoms with Gasteiger partial charge >= 0.3 is 6.11 Å². The average molecular weight is 427 g/mol. The van der Waals surface area contributed by atoms with Crippen LogP contribution in [0.3, 0.4) is 0 Å². The zero-order chi connectivity index (χ0) is 19.9. The van der Waals surface area contributed by atoms with E-state index in [0.717, 1.165) is 55.7 Å². The van der Waals surface area contributed by atoms with Gasteiger partial charge in [0.1, 0.15) is 10.8 Å². The van der Waals surface area contributed by atoms with Crippen molar-refractivity contribution in [2.45, 2.75) is 25.6 Å². The summed E-state index contributed by atoms with van der Waals surface area (Å²) in [6.45, 7) is 5.32. The quantitative estimate of drug-likeness (QED) is 0.650. The van der Waals surface area contributed by atoms with Gasteiger partial charge in [-0.05, 0) is 26.0 Å². The van der Waals surface area contributed by atoms with Crippen LogP contribution in [0, 0.1) is 0 Å². The molecule has 0 unspecified atom stereocenters. The van der Waals surface area contributed by atoms with E-state index in [1.54, 1.807) is 12.3 Å². The zero-order valence-corrected chi connectivity index (χ0v) is 17.0. The Morgan fingerprint density at radius 3 is 2.64 bits per heavy atom. The number of aliphatic hydroxyl groups is 1. The number of thiazole rings is 2. The third kappa shape index (κ3) is 3.57. The molecule has 3 heterocycles. The summed E-state index contributed by atoms with van der Waals surface area (Å²) in [5.41, 5.74) is -0.960. The Labute approximate surface area is 168 Å². The number of fused-ring (bicyclic) bond motifs is 1. The summed E-state index contributed by atoms with van der Waals surface area (Å²) in [5.74, 6) is 0.00122. The molecular weight excluding hydrogens is 406 g/mol. The van der Waals surface area contributed by atoms with E-state index in [4.69, 9.17) is 9.72 Å². The summed E-state index contributed by atoms with van der Waals surface area (Å²) in [6.07, 6.45) is -2.05. The number of rotatable bonds is 5. The summed E-state index contributed by atoms with van der Waals surface area (Å²) in [4.78, 5) is 11.2. The maximum absolute atomic E-state index is 14.4. The molecule has 1 saturated heterocycles. The minimum absolute atomic E-state index is 0.00122. The number of benzene rings is 1. The van der Waals surface area contributed by atoms with Crippen LogP contribution in [-0.4, -0.2) is 53.0 Å². The van der Waals surface area contributed by atoms with Gasteiger partial charge in [0, 0.05) is 43.3 Å². The normalized spacial score (nSPS) is 16.0. The maximum Gasteiger partial charge on any atom is 0.426 e. The lowest BCUT2D eigenvalue weighted by Crippen LogP contribution is -2.47. The van der Waals surface area contributed by atoms with Crippen molar-refractivity contribution < 1.29 is 18.6 Å². The molecule has 1 aliphatic heterocycles. The second-order valence-electron chi connectivity index (χ2n) is 7.04. The number of piperazine rings is 1. The smallest absolute Gasteiger partial charge is 0.426 e. The first-order valence-electron chi connectivity index (χ1n) is 8.84. The minimum atomic E-state index is -3.75. The van der Waals surface area contributed by atoms with Gasteiger partial charge in [-0.1, -0.05) is 11.3 Å². The van der Waals surface area contributed by atoms with Crippen molar-refractivity contribution in [2.75, 3.05) is 31.1 Å². The first-order chi connectivity index (χ1) is 13.3. The minimum Gasteiger partial charge on any atom is -0.429 e. The van der Waals surface area contributed by atoms with E-state index < -0.39 is 11.7 Å². The number of hydrogen-bond acceptors (Lipinski definition) is 8. The SMILES string of the molecule is CC(C)(O)C(F)(F)Oc1ccc(-c2nccs2)c2nc(N3CCNCC3)sc12. The topological polar surface area (TPSA) is 70.5 Å². The van der Waals surface area contributed by atoms with Crippen LogP contribution >= 0.6 is 22.7 Å². The van der Waals surface area contributed by atoms with Crippen molar-refractivity contribution in [1.82, 2.24) is 15.3 Å². The van der Waals surface area contributed by atoms with E-state index in [2.05, 4.69) is 15.2 Å². The first kappa shape index (κ1) is 19.4. The van der Waals surface area contributed by atoms with Gasteiger partial charge in [0.2, 0.25) is 0 Å². The van der Waals surface area contributed by atoms with Crippen LogP contribution < -0.4 is 15.0 Å². The molecular formula is C18H20F2N4O2S2. The van der Waals surface area contributed by atoms with Crippen molar-refractivity contribution in [1.29, 1.82) is 0 Å². The lowest BCUT2D eigenvalue weighted by Gasteiger charge is -2.28. The Morgan fingerprint density at radius 2 is 2.00 bits per heavy atom. The molecule has 0 radical (unpaired) electrons. The summed E-state index contributed by atoms with van der Waals surface area (Å²) in [6, 6.07) is 3.19. The molecule has 3 aromatic rings. The summed E-state index contributed by atoms with van der Waals surface area (Å²) < 4.78 is 34.2. The third-order valence-electron chi connectivity index (χ3n) is 4.50. The van der Waals surface area contributed by atoms with Crippen molar-refractivity contribution in [3.63, 3.8) is 0 Å². The van der Waals surface area contributed by atoms with Crippen molar-refractivity contribution in [3.05, 3.63) is 23.7 Å². The fraction of sp³-hybridized carbons (Fsp3) is 0.444. The lowest BCUT2D eigenvalue weighted by atomic mass is 10.1. The third-order valence-corrected chi connectivity index (χ3v) is 6.43. The second kappa shape index (κ2) is 7.18. The largest absolute Gasteiger partial charge is 0.429 e. The number of aromatic nitrogens is 2. The highest BCUT2D eigenvalue weighted by molar-refractivity contribution is 7.22. The molecule has 0 atom stereocenters. The zero-order valence-electron chi connectivity index (χ0n) is 15.4. The fourth-order valence-corrected chi connectivity index (χ4v) is 4.59. The van der Waals surface area contributed by atoms with E-state index in [0.29, 0.717) is 10.2 Å². The number of nitrogens with one attached hydrogen (secondary N) is 1. The second-order valence-corrected chi connectivity index (χ2v) is 8.91. The van der Waals surface area contributed by atoms with Gasteiger partial charge in [-0.2, -0.15) is 8.78 Å². The molecule has 6 nitrogen and oxygen atoms in total. The highest BCUT2D eigenvalue weighted by Gasteiger charge is 2.49. The van der Waals surface area contributed by atoms with E-state index >= 15 is 0 Å². The summed E-state index contributed by atoms with van der Waals surface area (Å²) in [7, 11) is 0. The number of nitrogens with zero attached hydrogens (tertiary/aromatic N) is 3. The Balaban J connectivity index is 1.82. The number of anilines is 1. The summed E-state index contributed by atoms with van der Waals surface area (Å²) >= 11 is 2.78. The molecule has 10 heteroatoms. The van der Waals surface area contributed by atoms with Gasteiger partial charge in [-0.25, -0.2) is 9.97 Å². The van der Waals surface area contributed by atoms with Crippen LogP contribution in [0.2, 0.25) is 0 Å². The van der Waals surface area contributed by atoms with E-state index in [9.17, 15) is 13.9 Å². The molecule has 1 aliphatic rings. The van der Waals surface area contributed by atoms with Gasteiger partial charge in [0.25, 0.3) is 0 Å². The molecule has 0 saturated carbocycles. The van der Waals surface area contributed by atoms with Crippen molar-refractivity contribution in [2.24, 2.45) is 0 Å². The predicted molar refractivity (Wildman–Crippen MR) is 108 cm³/mol. The molecule has 2 N–H and O–H groups in total. The number of halogens is 2. The molecule has 4 rings (SSSR count). The van der Waals surface area contributed by atoms with E-state index in [1.807, 2.05) is 5.38 Å². The van der Waals surface area contributed by atoms with Crippen molar-refractivity contribution in [3.8, 4) is 16.3 Å². The molecule has 28 heavy (non-hydrogen) atoms. The molecule has 0 bridgehead atoms. The molecule has 0 aliphatic carbocycles. The maximum atomic E-state index is 14.4. The van der Waals surface area contributed by atoms with Crippen molar-refractivity contribution >= 4 is 38.0 Å². The first-order valence-corrected chi connectivity index (χ1v) is 10.5. The molecule has 1 aromatic carbocycles. The van der Waals surface area contributed by atoms with Gasteiger partial charge in [0.15, 0.2) is 10.7 Å². The highest BCUT2D eigenvalue weighted by atomic mass is 32.1. The lowest BCUT2D eigenvalue weighted by molar-refractivity contribution is -0.275. The molecule has 1 fully saturated rings. The Kier molecular flexibility index (Phi) is 4.98. The van der Waals surface area contributed by atoms with Crippen LogP contribution in [0.1, 0.15) is 13.8 Å². The number of alkyl halides is 2. The Morgan fingerprint density at radius 1 is 1.25 bits per heavy atom. The van der Waals surface area contributed by atoms with Crippen LogP contribution in [-0.2, 0) is 0 Å². The molecule has 0 amide bonds. The highest BCUT2D eigenvalue weighted by Crippen LogP contribution is 2.43. The van der Waals surface area contributed by atoms with Gasteiger partial charge in [-0.3, -0.25) is 0 Å². The molecule has 0 spiro atoms. The van der Waals surface area contributed by atoms with Crippen LogP contribution in [0.5, 0.6) is 5.75 Å². The number of hydrogen-bond donors (Lipinski definition) is 2. The standard InChI is InChI=1S/C18H20F2N4O2S2/c1-17(2,25)18(19,20)26-12-4-3-11(15-22-7-10-27-15)13-14(12)28-16(23-13)24-8-5-21-6-9-24/h3-4,7,10,21,25H,5-6,8-9H2,1-2H3. The van der Waals surface area contributed by atoms with Crippen LogP contribution in [0.25, 0.3) is 20.8 Å². The van der Waals surface area contributed by atoms with Gasteiger partial charge in [0.05, 0.1) is 10.2 Å². The average Bonchev–Trinajstić information content (AvgIpc) is 3.32. The fourth-order valence-electron chi connectivity index (χ4n) is 2.84. The Hall–Kier alpha value is -1.88. The monoisotopic (exact) mass is 426 g/mol. The number of ether oxygens (including phenoxy) is 1.